The van der Waals surface area contributed by atoms with Gasteiger partial charge in [-0.25, -0.2) is 0 Å². The summed E-state index contributed by atoms with van der Waals surface area (Å²) in [5.74, 6) is 2.47. The Labute approximate surface area is 179 Å². The highest BCUT2D eigenvalue weighted by Gasteiger charge is 2.42. The summed E-state index contributed by atoms with van der Waals surface area (Å²) >= 11 is 0. The van der Waals surface area contributed by atoms with Crippen molar-refractivity contribution in [3.8, 4) is 5.75 Å². The Morgan fingerprint density at radius 3 is 2.73 bits per heavy atom. The third-order valence-corrected chi connectivity index (χ3v) is 6.78. The molecule has 5 heteroatoms. The van der Waals surface area contributed by atoms with Crippen molar-refractivity contribution in [2.75, 3.05) is 19.7 Å². The fourth-order valence-electron chi connectivity index (χ4n) is 4.99. The van der Waals surface area contributed by atoms with Crippen LogP contribution in [-0.2, 0) is 17.8 Å². The molecule has 1 saturated carbocycles. The molecule has 2 aliphatic rings. The van der Waals surface area contributed by atoms with E-state index in [-0.39, 0.29) is 19.1 Å². The lowest BCUT2D eigenvalue weighted by atomic mass is 9.64. The SMILES string of the molecule is CCCc1cccnc1C1CCC1C1CCN(C(=O)COc2ccc(CO)cc2)C1. The molecule has 1 aromatic carbocycles. The number of aliphatic hydroxyl groups is 1. The number of ether oxygens (including phenoxy) is 1. The van der Waals surface area contributed by atoms with Crippen molar-refractivity contribution >= 4 is 5.91 Å². The minimum Gasteiger partial charge on any atom is -0.484 e. The fraction of sp³-hybridized carbons (Fsp3) is 0.520. The summed E-state index contributed by atoms with van der Waals surface area (Å²) < 4.78 is 5.67. The van der Waals surface area contributed by atoms with E-state index in [1.165, 1.54) is 24.1 Å². The van der Waals surface area contributed by atoms with Crippen LogP contribution in [-0.4, -0.2) is 40.6 Å². The molecule has 1 aromatic heterocycles. The van der Waals surface area contributed by atoms with E-state index in [1.807, 2.05) is 23.2 Å². The van der Waals surface area contributed by atoms with E-state index < -0.39 is 0 Å². The number of likely N-dealkylation sites (tertiary alicyclic amines) is 1. The van der Waals surface area contributed by atoms with E-state index in [4.69, 9.17) is 14.8 Å². The van der Waals surface area contributed by atoms with Gasteiger partial charge >= 0.3 is 0 Å². The van der Waals surface area contributed by atoms with Crippen molar-refractivity contribution in [3.63, 3.8) is 0 Å². The van der Waals surface area contributed by atoms with Crippen molar-refractivity contribution in [1.82, 2.24) is 9.88 Å². The van der Waals surface area contributed by atoms with Crippen LogP contribution in [0.15, 0.2) is 42.6 Å². The number of carbonyl (C=O) groups is 1. The second-order valence-electron chi connectivity index (χ2n) is 8.62. The highest BCUT2D eigenvalue weighted by atomic mass is 16.5. The van der Waals surface area contributed by atoms with Crippen molar-refractivity contribution < 1.29 is 14.6 Å². The van der Waals surface area contributed by atoms with Gasteiger partial charge in [0, 0.05) is 30.9 Å². The quantitative estimate of drug-likeness (QED) is 0.718. The second kappa shape index (κ2) is 9.61. The van der Waals surface area contributed by atoms with Crippen molar-refractivity contribution in [2.24, 2.45) is 11.8 Å². The summed E-state index contributed by atoms with van der Waals surface area (Å²) in [5, 5.41) is 9.11. The zero-order chi connectivity index (χ0) is 20.9. The average Bonchev–Trinajstić information content (AvgIpc) is 3.22. The van der Waals surface area contributed by atoms with Crippen LogP contribution in [0.3, 0.4) is 0 Å². The summed E-state index contributed by atoms with van der Waals surface area (Å²) in [6.45, 7) is 3.96. The van der Waals surface area contributed by atoms with Gasteiger partial charge in [0.2, 0.25) is 0 Å². The van der Waals surface area contributed by atoms with Crippen molar-refractivity contribution in [2.45, 2.75) is 51.6 Å². The third kappa shape index (κ3) is 4.51. The molecule has 160 valence electrons. The summed E-state index contributed by atoms with van der Waals surface area (Å²) in [7, 11) is 0. The first kappa shape index (κ1) is 20.9. The lowest BCUT2D eigenvalue weighted by Crippen LogP contribution is -2.37. The van der Waals surface area contributed by atoms with Gasteiger partial charge in [-0.1, -0.05) is 31.5 Å². The highest BCUT2D eigenvalue weighted by molar-refractivity contribution is 5.78. The highest BCUT2D eigenvalue weighted by Crippen LogP contribution is 2.49. The smallest absolute Gasteiger partial charge is 0.260 e. The Hall–Kier alpha value is -2.40. The van der Waals surface area contributed by atoms with Crippen LogP contribution in [0.5, 0.6) is 5.75 Å². The minimum atomic E-state index is 0.00891. The number of hydrogen-bond donors (Lipinski definition) is 1. The number of aromatic nitrogens is 1. The monoisotopic (exact) mass is 408 g/mol. The molecule has 3 unspecified atom stereocenters. The van der Waals surface area contributed by atoms with Gasteiger partial charge in [-0.2, -0.15) is 0 Å². The Kier molecular flexibility index (Phi) is 6.68. The summed E-state index contributed by atoms with van der Waals surface area (Å²) in [4.78, 5) is 19.4. The van der Waals surface area contributed by atoms with Crippen molar-refractivity contribution in [1.29, 1.82) is 0 Å². The summed E-state index contributed by atoms with van der Waals surface area (Å²) in [5.41, 5.74) is 3.54. The predicted octanol–water partition coefficient (Wildman–Crippen LogP) is 3.95. The molecule has 5 nitrogen and oxygen atoms in total. The van der Waals surface area contributed by atoms with Gasteiger partial charge in [-0.3, -0.25) is 9.78 Å². The first-order chi connectivity index (χ1) is 14.7. The molecule has 2 fully saturated rings. The van der Waals surface area contributed by atoms with E-state index >= 15 is 0 Å². The Morgan fingerprint density at radius 2 is 2.03 bits per heavy atom. The summed E-state index contributed by atoms with van der Waals surface area (Å²) in [6, 6.07) is 11.5. The van der Waals surface area contributed by atoms with Crippen LogP contribution in [0, 0.1) is 11.8 Å². The molecule has 2 heterocycles. The third-order valence-electron chi connectivity index (χ3n) is 6.78. The molecular weight excluding hydrogens is 376 g/mol. The number of benzene rings is 1. The minimum absolute atomic E-state index is 0.00891. The Morgan fingerprint density at radius 1 is 1.20 bits per heavy atom. The van der Waals surface area contributed by atoms with E-state index in [9.17, 15) is 4.79 Å². The van der Waals surface area contributed by atoms with Crippen LogP contribution in [0.1, 0.15) is 55.3 Å². The number of pyridine rings is 1. The number of nitrogens with zero attached hydrogens (tertiary/aromatic N) is 2. The van der Waals surface area contributed by atoms with E-state index in [0.29, 0.717) is 23.5 Å². The van der Waals surface area contributed by atoms with Crippen LogP contribution < -0.4 is 4.74 Å². The van der Waals surface area contributed by atoms with Crippen LogP contribution in [0.25, 0.3) is 0 Å². The predicted molar refractivity (Wildman–Crippen MR) is 116 cm³/mol. The number of aliphatic hydroxyl groups excluding tert-OH is 1. The molecule has 0 spiro atoms. The number of amides is 1. The molecule has 0 radical (unpaired) electrons. The van der Waals surface area contributed by atoms with Crippen molar-refractivity contribution in [3.05, 3.63) is 59.4 Å². The number of hydrogen-bond acceptors (Lipinski definition) is 4. The fourth-order valence-corrected chi connectivity index (χ4v) is 4.99. The molecule has 1 saturated heterocycles. The molecule has 1 amide bonds. The zero-order valence-corrected chi connectivity index (χ0v) is 17.8. The normalized spacial score (nSPS) is 23.3. The van der Waals surface area contributed by atoms with Crippen LogP contribution >= 0.6 is 0 Å². The lowest BCUT2D eigenvalue weighted by Gasteiger charge is -2.41. The molecule has 3 atom stereocenters. The maximum absolute atomic E-state index is 12.7. The maximum Gasteiger partial charge on any atom is 0.260 e. The van der Waals surface area contributed by atoms with E-state index in [1.54, 1.807) is 12.1 Å². The number of carbonyl (C=O) groups excluding carboxylic acids is 1. The molecule has 1 N–H and O–H groups in total. The topological polar surface area (TPSA) is 62.7 Å². The zero-order valence-electron chi connectivity index (χ0n) is 17.8. The molecule has 1 aliphatic heterocycles. The largest absolute Gasteiger partial charge is 0.484 e. The van der Waals surface area contributed by atoms with E-state index in [0.717, 1.165) is 37.9 Å². The number of aryl methyl sites for hydroxylation is 1. The first-order valence-corrected chi connectivity index (χ1v) is 11.2. The van der Waals surface area contributed by atoms with Crippen LogP contribution in [0.4, 0.5) is 0 Å². The molecule has 30 heavy (non-hydrogen) atoms. The van der Waals surface area contributed by atoms with Gasteiger partial charge < -0.3 is 14.7 Å². The second-order valence-corrected chi connectivity index (χ2v) is 8.62. The van der Waals surface area contributed by atoms with Gasteiger partial charge in [0.15, 0.2) is 6.61 Å². The molecule has 1 aliphatic carbocycles. The standard InChI is InChI=1S/C25H32N2O3/c1-2-4-19-5-3-13-26-25(19)23-11-10-22(23)20-12-14-27(15-20)24(29)17-30-21-8-6-18(16-28)7-9-21/h3,5-9,13,20,22-23,28H,2,4,10-12,14-17H2,1H3. The molecule has 4 rings (SSSR count). The average molecular weight is 409 g/mol. The van der Waals surface area contributed by atoms with Gasteiger partial charge in [0.05, 0.1) is 6.61 Å². The van der Waals surface area contributed by atoms with Gasteiger partial charge in [0.1, 0.15) is 5.75 Å². The first-order valence-electron chi connectivity index (χ1n) is 11.2. The van der Waals surface area contributed by atoms with Gasteiger partial charge in [-0.05, 0) is 66.8 Å². The molecule has 2 aromatic rings. The lowest BCUT2D eigenvalue weighted by molar-refractivity contribution is -0.132. The van der Waals surface area contributed by atoms with Gasteiger partial charge in [0.25, 0.3) is 5.91 Å². The summed E-state index contributed by atoms with van der Waals surface area (Å²) in [6.07, 6.45) is 7.71. The molecule has 0 bridgehead atoms. The maximum atomic E-state index is 12.7. The Balaban J connectivity index is 1.31. The molecular formula is C25H32N2O3. The Bertz CT molecular complexity index is 852. The van der Waals surface area contributed by atoms with Crippen LogP contribution in [0.2, 0.25) is 0 Å². The van der Waals surface area contributed by atoms with Gasteiger partial charge in [-0.15, -0.1) is 0 Å². The van der Waals surface area contributed by atoms with E-state index in [2.05, 4.69) is 19.1 Å². The number of rotatable bonds is 8.